The van der Waals surface area contributed by atoms with E-state index in [2.05, 4.69) is 53.4 Å². The van der Waals surface area contributed by atoms with Gasteiger partial charge in [-0.1, -0.05) is 40.8 Å². The van der Waals surface area contributed by atoms with E-state index >= 15 is 0 Å². The number of thiazole rings is 1. The van der Waals surface area contributed by atoms with Gasteiger partial charge in [0.2, 0.25) is 4.96 Å². The van der Waals surface area contributed by atoms with Crippen molar-refractivity contribution in [1.82, 2.24) is 14.6 Å². The molecule has 120 valence electrons. The minimum Gasteiger partial charge on any atom is -0.497 e. The molecule has 0 bridgehead atoms. The SMILES string of the molecule is COc1ccc(-c2c(Sc3ccc(C)cc3)sc3ncnn23)cc1. The molecule has 0 aliphatic carbocycles. The fraction of sp³-hybridized carbons (Fsp3) is 0.111. The first-order valence-electron chi connectivity index (χ1n) is 7.46. The zero-order chi connectivity index (χ0) is 16.5. The Labute approximate surface area is 148 Å². The summed E-state index contributed by atoms with van der Waals surface area (Å²) in [5.41, 5.74) is 3.43. The van der Waals surface area contributed by atoms with Crippen LogP contribution in [-0.2, 0) is 0 Å². The van der Waals surface area contributed by atoms with Crippen molar-refractivity contribution in [3.8, 4) is 17.0 Å². The van der Waals surface area contributed by atoms with Crippen LogP contribution in [0.1, 0.15) is 5.56 Å². The summed E-state index contributed by atoms with van der Waals surface area (Å²) in [6, 6.07) is 16.6. The molecule has 4 nitrogen and oxygen atoms in total. The van der Waals surface area contributed by atoms with Gasteiger partial charge in [0.05, 0.1) is 17.0 Å². The van der Waals surface area contributed by atoms with Gasteiger partial charge in [-0.2, -0.15) is 5.10 Å². The fourth-order valence-electron chi connectivity index (χ4n) is 2.44. The Balaban J connectivity index is 1.80. The molecular formula is C18H15N3OS2. The second-order valence-electron chi connectivity index (χ2n) is 5.34. The summed E-state index contributed by atoms with van der Waals surface area (Å²) >= 11 is 3.40. The molecule has 0 unspecified atom stereocenters. The molecule has 2 aromatic carbocycles. The van der Waals surface area contributed by atoms with Crippen molar-refractivity contribution in [2.75, 3.05) is 7.11 Å². The van der Waals surface area contributed by atoms with Crippen molar-refractivity contribution in [2.45, 2.75) is 16.0 Å². The molecule has 24 heavy (non-hydrogen) atoms. The molecule has 0 radical (unpaired) electrons. The van der Waals surface area contributed by atoms with Gasteiger partial charge >= 0.3 is 0 Å². The second-order valence-corrected chi connectivity index (χ2v) is 7.66. The number of methoxy groups -OCH3 is 1. The Morgan fingerprint density at radius 2 is 1.79 bits per heavy atom. The normalized spacial score (nSPS) is 11.1. The predicted molar refractivity (Wildman–Crippen MR) is 98.2 cm³/mol. The maximum Gasteiger partial charge on any atom is 0.213 e. The number of ether oxygens (including phenoxy) is 1. The molecule has 0 amide bonds. The van der Waals surface area contributed by atoms with E-state index in [0.717, 1.165) is 22.0 Å². The number of hydrogen-bond acceptors (Lipinski definition) is 5. The molecule has 0 aliphatic heterocycles. The summed E-state index contributed by atoms with van der Waals surface area (Å²) < 4.78 is 8.34. The Kier molecular flexibility index (Phi) is 4.00. The summed E-state index contributed by atoms with van der Waals surface area (Å²) in [5, 5.41) is 4.39. The van der Waals surface area contributed by atoms with Crippen LogP contribution in [0.2, 0.25) is 0 Å². The molecule has 2 heterocycles. The highest BCUT2D eigenvalue weighted by molar-refractivity contribution is 8.01. The first-order chi connectivity index (χ1) is 11.7. The average Bonchev–Trinajstić information content (AvgIpc) is 3.18. The quantitative estimate of drug-likeness (QED) is 0.522. The second kappa shape index (κ2) is 6.30. The van der Waals surface area contributed by atoms with E-state index < -0.39 is 0 Å². The zero-order valence-corrected chi connectivity index (χ0v) is 14.9. The Bertz CT molecular complexity index is 972. The minimum absolute atomic E-state index is 0.844. The van der Waals surface area contributed by atoms with Crippen molar-refractivity contribution in [2.24, 2.45) is 0 Å². The van der Waals surface area contributed by atoms with E-state index in [1.807, 2.05) is 16.6 Å². The van der Waals surface area contributed by atoms with Gasteiger partial charge in [-0.3, -0.25) is 0 Å². The summed E-state index contributed by atoms with van der Waals surface area (Å²) in [7, 11) is 1.67. The van der Waals surface area contributed by atoms with E-state index in [1.165, 1.54) is 14.7 Å². The smallest absolute Gasteiger partial charge is 0.213 e. The molecule has 0 aliphatic rings. The van der Waals surface area contributed by atoms with Crippen LogP contribution in [0.3, 0.4) is 0 Å². The molecule has 0 N–H and O–H groups in total. The van der Waals surface area contributed by atoms with E-state index in [9.17, 15) is 0 Å². The summed E-state index contributed by atoms with van der Waals surface area (Å²) in [6.45, 7) is 2.10. The Hall–Kier alpha value is -2.31. The van der Waals surface area contributed by atoms with Crippen LogP contribution in [0.15, 0.2) is 64.0 Å². The summed E-state index contributed by atoms with van der Waals surface area (Å²) in [5.74, 6) is 0.844. The maximum atomic E-state index is 5.26. The summed E-state index contributed by atoms with van der Waals surface area (Å²) in [4.78, 5) is 6.45. The Morgan fingerprint density at radius 3 is 2.50 bits per heavy atom. The average molecular weight is 353 g/mol. The molecule has 4 aromatic rings. The first kappa shape index (κ1) is 15.2. The molecule has 4 rings (SSSR count). The lowest BCUT2D eigenvalue weighted by atomic mass is 10.2. The molecular weight excluding hydrogens is 338 g/mol. The minimum atomic E-state index is 0.844. The third-order valence-corrected chi connectivity index (χ3v) is 5.93. The van der Waals surface area contributed by atoms with Gasteiger partial charge in [0.1, 0.15) is 12.1 Å². The van der Waals surface area contributed by atoms with E-state index in [-0.39, 0.29) is 0 Å². The molecule has 0 atom stereocenters. The molecule has 0 fully saturated rings. The highest BCUT2D eigenvalue weighted by atomic mass is 32.2. The number of hydrogen-bond donors (Lipinski definition) is 0. The first-order valence-corrected chi connectivity index (χ1v) is 9.09. The molecule has 0 saturated carbocycles. The van der Waals surface area contributed by atoms with Crippen LogP contribution < -0.4 is 4.74 Å². The number of fused-ring (bicyclic) bond motifs is 1. The van der Waals surface area contributed by atoms with Crippen molar-refractivity contribution < 1.29 is 4.74 Å². The third kappa shape index (κ3) is 2.79. The molecule has 6 heteroatoms. The van der Waals surface area contributed by atoms with Crippen LogP contribution in [0.5, 0.6) is 5.75 Å². The van der Waals surface area contributed by atoms with Crippen molar-refractivity contribution >= 4 is 28.1 Å². The van der Waals surface area contributed by atoms with Crippen molar-refractivity contribution in [3.05, 3.63) is 60.4 Å². The topological polar surface area (TPSA) is 39.4 Å². The van der Waals surface area contributed by atoms with Gasteiger partial charge in [-0.05, 0) is 43.3 Å². The zero-order valence-electron chi connectivity index (χ0n) is 13.3. The number of aromatic nitrogens is 3. The Morgan fingerprint density at radius 1 is 1.04 bits per heavy atom. The lowest BCUT2D eigenvalue weighted by molar-refractivity contribution is 0.415. The van der Waals surface area contributed by atoms with Crippen LogP contribution >= 0.6 is 23.1 Å². The van der Waals surface area contributed by atoms with Crippen LogP contribution in [0.4, 0.5) is 0 Å². The number of rotatable bonds is 4. The van der Waals surface area contributed by atoms with Crippen molar-refractivity contribution in [3.63, 3.8) is 0 Å². The molecule has 2 aromatic heterocycles. The number of nitrogens with zero attached hydrogens (tertiary/aromatic N) is 3. The highest BCUT2D eigenvalue weighted by Gasteiger charge is 2.17. The van der Waals surface area contributed by atoms with E-state index in [4.69, 9.17) is 4.74 Å². The lowest BCUT2D eigenvalue weighted by Gasteiger charge is -2.06. The van der Waals surface area contributed by atoms with Crippen LogP contribution in [0.25, 0.3) is 16.2 Å². The highest BCUT2D eigenvalue weighted by Crippen LogP contribution is 2.41. The lowest BCUT2D eigenvalue weighted by Crippen LogP contribution is -1.90. The summed E-state index contributed by atoms with van der Waals surface area (Å²) in [6.07, 6.45) is 1.60. The third-order valence-electron chi connectivity index (χ3n) is 3.70. The number of aryl methyl sites for hydroxylation is 1. The van der Waals surface area contributed by atoms with Crippen LogP contribution in [0, 0.1) is 6.92 Å². The van der Waals surface area contributed by atoms with E-state index in [0.29, 0.717) is 0 Å². The standard InChI is InChI=1S/C18H15N3OS2/c1-12-3-9-15(10-4-12)23-17-16(21-18(24-17)19-11-20-21)13-5-7-14(22-2)8-6-13/h3-11H,1-2H3. The van der Waals surface area contributed by atoms with Crippen molar-refractivity contribution in [1.29, 1.82) is 0 Å². The van der Waals surface area contributed by atoms with Gasteiger partial charge in [-0.25, -0.2) is 9.50 Å². The van der Waals surface area contributed by atoms with Gasteiger partial charge in [0.15, 0.2) is 0 Å². The van der Waals surface area contributed by atoms with E-state index in [1.54, 1.807) is 36.5 Å². The van der Waals surface area contributed by atoms with Gasteiger partial charge in [0.25, 0.3) is 0 Å². The monoisotopic (exact) mass is 353 g/mol. The van der Waals surface area contributed by atoms with Gasteiger partial charge in [0, 0.05) is 10.5 Å². The molecule has 0 spiro atoms. The predicted octanol–water partition coefficient (Wildman–Crippen LogP) is 4.93. The fourth-order valence-corrected chi connectivity index (χ4v) is 4.70. The van der Waals surface area contributed by atoms with Crippen LogP contribution in [-0.4, -0.2) is 21.7 Å². The largest absolute Gasteiger partial charge is 0.497 e. The van der Waals surface area contributed by atoms with Gasteiger partial charge < -0.3 is 4.74 Å². The molecule has 0 saturated heterocycles. The number of benzene rings is 2. The van der Waals surface area contributed by atoms with Gasteiger partial charge in [-0.15, -0.1) is 0 Å². The maximum absolute atomic E-state index is 5.26.